The monoisotopic (exact) mass is 188 g/mol. The van der Waals surface area contributed by atoms with Crippen LogP contribution in [0.4, 0.5) is 0 Å². The molecule has 0 saturated heterocycles. The van der Waals surface area contributed by atoms with Gasteiger partial charge >= 0.3 is 0 Å². The van der Waals surface area contributed by atoms with Crippen LogP contribution in [0, 0.1) is 5.92 Å². The summed E-state index contributed by atoms with van der Waals surface area (Å²) in [6.45, 7) is 4.46. The van der Waals surface area contributed by atoms with Crippen molar-refractivity contribution < 1.29 is 5.11 Å². The highest BCUT2D eigenvalue weighted by molar-refractivity contribution is 7.99. The Balaban J connectivity index is 2.13. The van der Waals surface area contributed by atoms with Crippen molar-refractivity contribution >= 4 is 11.8 Å². The van der Waals surface area contributed by atoms with Crippen molar-refractivity contribution in [3.63, 3.8) is 0 Å². The van der Waals surface area contributed by atoms with Crippen LogP contribution in [0.1, 0.15) is 39.5 Å². The highest BCUT2D eigenvalue weighted by Crippen LogP contribution is 2.32. The maximum Gasteiger partial charge on any atom is 0.0737 e. The van der Waals surface area contributed by atoms with Crippen molar-refractivity contribution in [1.82, 2.24) is 0 Å². The van der Waals surface area contributed by atoms with Gasteiger partial charge < -0.3 is 5.11 Å². The Morgan fingerprint density at radius 1 is 1.33 bits per heavy atom. The second-order valence-electron chi connectivity index (χ2n) is 4.34. The average Bonchev–Trinajstić information content (AvgIpc) is 2.35. The van der Waals surface area contributed by atoms with Crippen LogP contribution in [0.15, 0.2) is 0 Å². The lowest BCUT2D eigenvalue weighted by Gasteiger charge is -2.21. The van der Waals surface area contributed by atoms with Crippen molar-refractivity contribution in [3.05, 3.63) is 0 Å². The van der Waals surface area contributed by atoms with Crippen LogP contribution < -0.4 is 0 Å². The van der Waals surface area contributed by atoms with Crippen molar-refractivity contribution in [2.24, 2.45) is 5.92 Å². The minimum absolute atomic E-state index is 0.306. The molecule has 0 aliphatic heterocycles. The number of hydrogen-bond acceptors (Lipinski definition) is 2. The zero-order chi connectivity index (χ0) is 9.03. The molecule has 12 heavy (non-hydrogen) atoms. The zero-order valence-electron chi connectivity index (χ0n) is 8.18. The fourth-order valence-corrected chi connectivity index (χ4v) is 2.92. The molecule has 0 spiro atoms. The molecule has 0 radical (unpaired) electrons. The Bertz CT molecular complexity index is 128. The number of thioether (sulfide) groups is 1. The van der Waals surface area contributed by atoms with E-state index in [9.17, 15) is 5.11 Å². The molecule has 72 valence electrons. The highest BCUT2D eigenvalue weighted by atomic mass is 32.2. The smallest absolute Gasteiger partial charge is 0.0737 e. The van der Waals surface area contributed by atoms with Gasteiger partial charge in [-0.2, -0.15) is 11.8 Å². The maximum atomic E-state index is 9.98. The van der Waals surface area contributed by atoms with E-state index in [-0.39, 0.29) is 5.60 Å². The summed E-state index contributed by atoms with van der Waals surface area (Å²) < 4.78 is 0. The van der Waals surface area contributed by atoms with Gasteiger partial charge in [0.1, 0.15) is 0 Å². The minimum atomic E-state index is -0.306. The Kier molecular flexibility index (Phi) is 3.91. The molecule has 0 aromatic heterocycles. The molecule has 0 atom stereocenters. The topological polar surface area (TPSA) is 20.2 Å². The van der Waals surface area contributed by atoms with Crippen LogP contribution in [-0.4, -0.2) is 22.2 Å². The molecule has 1 aliphatic rings. The molecule has 0 bridgehead atoms. The third-order valence-corrected chi connectivity index (χ3v) is 4.00. The molecule has 1 nitrogen and oxygen atoms in total. The fraction of sp³-hybridized carbons (Fsp3) is 1.00. The molecule has 2 heteroatoms. The maximum absolute atomic E-state index is 9.98. The number of aliphatic hydroxyl groups is 1. The first-order valence-electron chi connectivity index (χ1n) is 4.92. The predicted octanol–water partition coefficient (Wildman–Crippen LogP) is 2.68. The van der Waals surface area contributed by atoms with Crippen LogP contribution in [0.3, 0.4) is 0 Å². The lowest BCUT2D eigenvalue weighted by atomic mass is 10.1. The van der Waals surface area contributed by atoms with Gasteiger partial charge in [0.05, 0.1) is 5.60 Å². The van der Waals surface area contributed by atoms with Gasteiger partial charge in [-0.15, -0.1) is 0 Å². The fourth-order valence-electron chi connectivity index (χ4n) is 1.66. The summed E-state index contributed by atoms with van der Waals surface area (Å²) in [6.07, 6.45) is 4.49. The Morgan fingerprint density at radius 3 is 2.42 bits per heavy atom. The molecule has 1 saturated carbocycles. The molecule has 0 amide bonds. The largest absolute Gasteiger partial charge is 0.389 e. The first kappa shape index (κ1) is 10.4. The van der Waals surface area contributed by atoms with Crippen LogP contribution >= 0.6 is 11.8 Å². The van der Waals surface area contributed by atoms with Crippen LogP contribution in [0.5, 0.6) is 0 Å². The molecule has 1 fully saturated rings. The predicted molar refractivity (Wildman–Crippen MR) is 55.6 cm³/mol. The van der Waals surface area contributed by atoms with E-state index in [1.54, 1.807) is 0 Å². The summed E-state index contributed by atoms with van der Waals surface area (Å²) in [5.74, 6) is 2.88. The third-order valence-electron chi connectivity index (χ3n) is 2.36. The molecular formula is C10H20OS. The van der Waals surface area contributed by atoms with Gasteiger partial charge in [-0.3, -0.25) is 0 Å². The first-order valence-corrected chi connectivity index (χ1v) is 6.08. The van der Waals surface area contributed by atoms with Crippen molar-refractivity contribution in [2.75, 3.05) is 11.5 Å². The van der Waals surface area contributed by atoms with Crippen LogP contribution in [-0.2, 0) is 0 Å². The summed E-state index contributed by atoms with van der Waals surface area (Å²) in [7, 11) is 0. The lowest BCUT2D eigenvalue weighted by Crippen LogP contribution is -2.27. The Morgan fingerprint density at radius 2 is 1.92 bits per heavy atom. The van der Waals surface area contributed by atoms with Gasteiger partial charge in [-0.1, -0.05) is 26.7 Å². The van der Waals surface area contributed by atoms with Gasteiger partial charge in [0, 0.05) is 5.75 Å². The van der Waals surface area contributed by atoms with Crippen LogP contribution in [0.25, 0.3) is 0 Å². The van der Waals surface area contributed by atoms with Gasteiger partial charge in [-0.25, -0.2) is 0 Å². The van der Waals surface area contributed by atoms with E-state index in [0.717, 1.165) is 24.5 Å². The van der Waals surface area contributed by atoms with E-state index in [0.29, 0.717) is 0 Å². The van der Waals surface area contributed by atoms with Gasteiger partial charge in [-0.05, 0) is 24.5 Å². The highest BCUT2D eigenvalue weighted by Gasteiger charge is 2.30. The van der Waals surface area contributed by atoms with E-state index in [2.05, 4.69) is 13.8 Å². The van der Waals surface area contributed by atoms with Gasteiger partial charge in [0.2, 0.25) is 0 Å². The summed E-state index contributed by atoms with van der Waals surface area (Å²) in [5.41, 5.74) is -0.306. The SMILES string of the molecule is CC(C)CSCC1(O)CCCC1. The molecule has 1 aliphatic carbocycles. The summed E-state index contributed by atoms with van der Waals surface area (Å²) in [4.78, 5) is 0. The quantitative estimate of drug-likeness (QED) is 0.732. The second kappa shape index (κ2) is 4.52. The van der Waals surface area contributed by atoms with E-state index in [1.165, 1.54) is 18.6 Å². The van der Waals surface area contributed by atoms with Crippen molar-refractivity contribution in [3.8, 4) is 0 Å². The van der Waals surface area contributed by atoms with Gasteiger partial charge in [0.25, 0.3) is 0 Å². The summed E-state index contributed by atoms with van der Waals surface area (Å²) in [5, 5.41) is 9.98. The Hall–Kier alpha value is 0.310. The molecule has 0 heterocycles. The van der Waals surface area contributed by atoms with E-state index >= 15 is 0 Å². The molecular weight excluding hydrogens is 168 g/mol. The normalized spacial score (nSPS) is 22.0. The standard InChI is InChI=1S/C10H20OS/c1-9(2)7-12-8-10(11)5-3-4-6-10/h9,11H,3-8H2,1-2H3. The van der Waals surface area contributed by atoms with E-state index < -0.39 is 0 Å². The summed E-state index contributed by atoms with van der Waals surface area (Å²) in [6, 6.07) is 0. The summed E-state index contributed by atoms with van der Waals surface area (Å²) >= 11 is 1.91. The van der Waals surface area contributed by atoms with Crippen LogP contribution in [0.2, 0.25) is 0 Å². The van der Waals surface area contributed by atoms with Crippen molar-refractivity contribution in [2.45, 2.75) is 45.1 Å². The third kappa shape index (κ3) is 3.36. The molecule has 1 N–H and O–H groups in total. The Labute approximate surface area is 79.9 Å². The molecule has 0 unspecified atom stereocenters. The molecule has 0 aromatic rings. The lowest BCUT2D eigenvalue weighted by molar-refractivity contribution is 0.0732. The van der Waals surface area contributed by atoms with Gasteiger partial charge in [0.15, 0.2) is 0 Å². The zero-order valence-corrected chi connectivity index (χ0v) is 8.99. The molecule has 0 aromatic carbocycles. The number of hydrogen-bond donors (Lipinski definition) is 1. The minimum Gasteiger partial charge on any atom is -0.389 e. The second-order valence-corrected chi connectivity index (χ2v) is 5.37. The average molecular weight is 188 g/mol. The first-order chi connectivity index (χ1) is 5.62. The molecule has 1 rings (SSSR count). The van der Waals surface area contributed by atoms with E-state index in [4.69, 9.17) is 0 Å². The van der Waals surface area contributed by atoms with Crippen molar-refractivity contribution in [1.29, 1.82) is 0 Å². The number of rotatable bonds is 4. The van der Waals surface area contributed by atoms with E-state index in [1.807, 2.05) is 11.8 Å².